The first kappa shape index (κ1) is 17.5. The van der Waals surface area contributed by atoms with E-state index < -0.39 is 10.8 Å². The van der Waals surface area contributed by atoms with Gasteiger partial charge in [-0.1, -0.05) is 42.5 Å². The Hall–Kier alpha value is -3.34. The number of nitro groups is 1. The van der Waals surface area contributed by atoms with Crippen LogP contribution in [0.4, 0.5) is 5.69 Å². The van der Waals surface area contributed by atoms with Gasteiger partial charge < -0.3 is 10.2 Å². The van der Waals surface area contributed by atoms with E-state index in [9.17, 15) is 20.3 Å². The Morgan fingerprint density at radius 3 is 1.77 bits per heavy atom. The lowest BCUT2D eigenvalue weighted by Crippen LogP contribution is -2.10. The van der Waals surface area contributed by atoms with Crippen LogP contribution >= 0.6 is 0 Å². The number of hydrogen-bond acceptors (Lipinski definition) is 4. The summed E-state index contributed by atoms with van der Waals surface area (Å²) in [5.74, 6) is -0.592. The van der Waals surface area contributed by atoms with Crippen LogP contribution in [0, 0.1) is 24.0 Å². The number of phenolic OH excluding ortho intramolecular Hbond substituents is 2. The number of aromatic hydroxyl groups is 2. The van der Waals surface area contributed by atoms with Crippen LogP contribution < -0.4 is 0 Å². The normalized spacial score (nSPS) is 10.9. The van der Waals surface area contributed by atoms with Crippen molar-refractivity contribution < 1.29 is 15.1 Å². The summed E-state index contributed by atoms with van der Waals surface area (Å²) in [4.78, 5) is 11.2. The van der Waals surface area contributed by atoms with Gasteiger partial charge in [0.25, 0.3) is 5.69 Å². The Kier molecular flexibility index (Phi) is 4.63. The Morgan fingerprint density at radius 2 is 1.31 bits per heavy atom. The summed E-state index contributed by atoms with van der Waals surface area (Å²) in [6.07, 6.45) is 0. The second kappa shape index (κ2) is 6.88. The molecule has 0 saturated carbocycles. The van der Waals surface area contributed by atoms with Crippen molar-refractivity contribution in [3.63, 3.8) is 0 Å². The summed E-state index contributed by atoms with van der Waals surface area (Å²) < 4.78 is 0. The van der Waals surface area contributed by atoms with Crippen molar-refractivity contribution in [1.29, 1.82) is 0 Å². The quantitative estimate of drug-likeness (QED) is 0.402. The first-order chi connectivity index (χ1) is 12.4. The SMILES string of the molecule is Cc1cccc(O)c1C(c1ccccc1[N+](=O)[O-])c1c(C)cccc1O. The first-order valence-corrected chi connectivity index (χ1v) is 8.22. The van der Waals surface area contributed by atoms with Crippen molar-refractivity contribution in [3.05, 3.63) is 98.6 Å². The Labute approximate surface area is 151 Å². The van der Waals surface area contributed by atoms with Crippen LogP contribution in [-0.4, -0.2) is 15.1 Å². The second-order valence-corrected chi connectivity index (χ2v) is 6.26. The molecule has 5 nitrogen and oxygen atoms in total. The fraction of sp³-hybridized carbons (Fsp3) is 0.143. The van der Waals surface area contributed by atoms with Crippen LogP contribution in [0.15, 0.2) is 60.7 Å². The van der Waals surface area contributed by atoms with E-state index in [0.29, 0.717) is 16.7 Å². The van der Waals surface area contributed by atoms with Crippen LogP contribution in [0.2, 0.25) is 0 Å². The van der Waals surface area contributed by atoms with Gasteiger partial charge in [0.1, 0.15) is 11.5 Å². The molecule has 0 aliphatic rings. The molecule has 0 atom stereocenters. The van der Waals surface area contributed by atoms with E-state index in [2.05, 4.69) is 0 Å². The fourth-order valence-corrected chi connectivity index (χ4v) is 3.43. The summed E-state index contributed by atoms with van der Waals surface area (Å²) in [5.41, 5.74) is 3.04. The molecule has 2 N–H and O–H groups in total. The standard InChI is InChI=1S/C21H19NO4/c1-13-7-5-11-17(23)19(13)21(20-14(2)8-6-12-18(20)24)15-9-3-4-10-16(15)22(25)26/h3-12,21,23-24H,1-2H3. The van der Waals surface area contributed by atoms with Crippen LogP contribution in [0.3, 0.4) is 0 Å². The van der Waals surface area contributed by atoms with Gasteiger partial charge in [-0.2, -0.15) is 0 Å². The molecule has 0 heterocycles. The maximum Gasteiger partial charge on any atom is 0.273 e. The van der Waals surface area contributed by atoms with Gasteiger partial charge in [-0.25, -0.2) is 0 Å². The third-order valence-corrected chi connectivity index (χ3v) is 4.62. The molecule has 0 fully saturated rings. The zero-order valence-electron chi connectivity index (χ0n) is 14.5. The highest BCUT2D eigenvalue weighted by molar-refractivity contribution is 5.61. The van der Waals surface area contributed by atoms with E-state index in [-0.39, 0.29) is 17.2 Å². The minimum Gasteiger partial charge on any atom is -0.508 e. The summed E-state index contributed by atoms with van der Waals surface area (Å²) in [7, 11) is 0. The van der Waals surface area contributed by atoms with Crippen LogP contribution in [-0.2, 0) is 0 Å². The zero-order valence-corrected chi connectivity index (χ0v) is 14.5. The van der Waals surface area contributed by atoms with Gasteiger partial charge in [-0.3, -0.25) is 10.1 Å². The summed E-state index contributed by atoms with van der Waals surface area (Å²) in [6.45, 7) is 3.68. The van der Waals surface area contributed by atoms with Crippen molar-refractivity contribution in [2.45, 2.75) is 19.8 Å². The minimum atomic E-state index is -0.668. The molecule has 3 aromatic rings. The predicted octanol–water partition coefficient (Wildman–Crippen LogP) is 4.80. The lowest BCUT2D eigenvalue weighted by Gasteiger charge is -2.24. The molecule has 0 radical (unpaired) electrons. The van der Waals surface area contributed by atoms with Crippen molar-refractivity contribution in [3.8, 4) is 11.5 Å². The Bertz CT molecular complexity index is 889. The second-order valence-electron chi connectivity index (χ2n) is 6.26. The van der Waals surface area contributed by atoms with Gasteiger partial charge in [0, 0.05) is 28.7 Å². The Balaban J connectivity index is 2.41. The molecule has 0 aliphatic heterocycles. The van der Waals surface area contributed by atoms with Gasteiger partial charge in [-0.05, 0) is 37.1 Å². The molecule has 26 heavy (non-hydrogen) atoms. The number of nitrogens with zero attached hydrogens (tertiary/aromatic N) is 1. The molecule has 132 valence electrons. The summed E-state index contributed by atoms with van der Waals surface area (Å²) >= 11 is 0. The van der Waals surface area contributed by atoms with Crippen molar-refractivity contribution in [2.24, 2.45) is 0 Å². The molecular weight excluding hydrogens is 330 g/mol. The van der Waals surface area contributed by atoms with Crippen LogP contribution in [0.1, 0.15) is 33.7 Å². The topological polar surface area (TPSA) is 83.6 Å². The molecule has 3 rings (SSSR count). The average Bonchev–Trinajstić information content (AvgIpc) is 2.60. The lowest BCUT2D eigenvalue weighted by atomic mass is 9.79. The van der Waals surface area contributed by atoms with Crippen molar-refractivity contribution >= 4 is 5.69 Å². The zero-order chi connectivity index (χ0) is 18.8. The monoisotopic (exact) mass is 349 g/mol. The maximum atomic E-state index is 11.6. The fourth-order valence-electron chi connectivity index (χ4n) is 3.43. The number of aryl methyl sites for hydroxylation is 2. The van der Waals surface area contributed by atoms with Crippen molar-refractivity contribution in [1.82, 2.24) is 0 Å². The molecule has 0 saturated heterocycles. The minimum absolute atomic E-state index is 0.0378. The number of hydrogen-bond donors (Lipinski definition) is 2. The van der Waals surface area contributed by atoms with E-state index in [4.69, 9.17) is 0 Å². The molecular formula is C21H19NO4. The molecule has 0 bridgehead atoms. The highest BCUT2D eigenvalue weighted by atomic mass is 16.6. The number of benzene rings is 3. The van der Waals surface area contributed by atoms with Gasteiger partial charge >= 0.3 is 0 Å². The third-order valence-electron chi connectivity index (χ3n) is 4.62. The average molecular weight is 349 g/mol. The number of nitro benzene ring substituents is 1. The highest BCUT2D eigenvalue weighted by Gasteiger charge is 2.30. The Morgan fingerprint density at radius 1 is 0.808 bits per heavy atom. The number of para-hydroxylation sites is 1. The molecule has 5 heteroatoms. The molecule has 0 amide bonds. The summed E-state index contributed by atoms with van der Waals surface area (Å²) in [5, 5.41) is 32.7. The van der Waals surface area contributed by atoms with Crippen LogP contribution in [0.25, 0.3) is 0 Å². The van der Waals surface area contributed by atoms with E-state index in [1.54, 1.807) is 42.5 Å². The molecule has 0 unspecified atom stereocenters. The molecule has 0 aliphatic carbocycles. The van der Waals surface area contributed by atoms with Crippen LogP contribution in [0.5, 0.6) is 11.5 Å². The van der Waals surface area contributed by atoms with Crippen molar-refractivity contribution in [2.75, 3.05) is 0 Å². The number of rotatable bonds is 4. The van der Waals surface area contributed by atoms with Gasteiger partial charge in [0.2, 0.25) is 0 Å². The van der Waals surface area contributed by atoms with Gasteiger partial charge in [0.05, 0.1) is 4.92 Å². The molecule has 0 spiro atoms. The maximum absolute atomic E-state index is 11.6. The van der Waals surface area contributed by atoms with E-state index in [1.165, 1.54) is 6.07 Å². The predicted molar refractivity (Wildman–Crippen MR) is 99.7 cm³/mol. The van der Waals surface area contributed by atoms with E-state index in [0.717, 1.165) is 11.1 Å². The van der Waals surface area contributed by atoms with Gasteiger partial charge in [0.15, 0.2) is 0 Å². The number of phenols is 2. The largest absolute Gasteiger partial charge is 0.508 e. The highest BCUT2D eigenvalue weighted by Crippen LogP contribution is 2.45. The smallest absolute Gasteiger partial charge is 0.273 e. The first-order valence-electron chi connectivity index (χ1n) is 8.22. The molecule has 0 aromatic heterocycles. The lowest BCUT2D eigenvalue weighted by molar-refractivity contribution is -0.385. The van der Waals surface area contributed by atoms with E-state index in [1.807, 2.05) is 26.0 Å². The third kappa shape index (κ3) is 2.99. The summed E-state index contributed by atoms with van der Waals surface area (Å²) in [6, 6.07) is 16.7. The molecule has 3 aromatic carbocycles. The van der Waals surface area contributed by atoms with E-state index >= 15 is 0 Å². The van der Waals surface area contributed by atoms with Gasteiger partial charge in [-0.15, -0.1) is 0 Å².